The van der Waals surface area contributed by atoms with Crippen LogP contribution >= 0.6 is 0 Å². The Morgan fingerprint density at radius 3 is 2.58 bits per heavy atom. The molecule has 3 N–H and O–H groups in total. The number of rotatable bonds is 6. The fourth-order valence-corrected chi connectivity index (χ4v) is 2.20. The third kappa shape index (κ3) is 5.36. The average molecular weight is 348 g/mol. The number of carbonyl (C=O) groups is 2. The number of sulfone groups is 1. The molecule has 0 aliphatic carbocycles. The Morgan fingerprint density at radius 2 is 1.92 bits per heavy atom. The predicted octanol–water partition coefficient (Wildman–Crippen LogP) is 0.950. The smallest absolute Gasteiger partial charge is 0.269 e. The molecule has 2 amide bonds. The fourth-order valence-electron chi connectivity index (χ4n) is 1.75. The van der Waals surface area contributed by atoms with Gasteiger partial charge in [-0.1, -0.05) is 24.3 Å². The topological polar surface area (TPSA) is 121 Å². The molecule has 8 nitrogen and oxygen atoms in total. The largest absolute Gasteiger partial charge is 0.347 e. The van der Waals surface area contributed by atoms with E-state index in [1.807, 2.05) is 0 Å². The highest BCUT2D eigenvalue weighted by Gasteiger charge is 2.11. The summed E-state index contributed by atoms with van der Waals surface area (Å²) < 4.78 is 21.8. The van der Waals surface area contributed by atoms with E-state index in [2.05, 4.69) is 20.8 Å². The highest BCUT2D eigenvalue weighted by molar-refractivity contribution is 7.93. The number of aromatic amines is 1. The van der Waals surface area contributed by atoms with Gasteiger partial charge in [-0.25, -0.2) is 8.42 Å². The molecule has 0 atom stereocenters. The number of H-pyrrole nitrogens is 1. The zero-order valence-electron chi connectivity index (χ0n) is 12.8. The summed E-state index contributed by atoms with van der Waals surface area (Å²) in [4.78, 5) is 23.8. The van der Waals surface area contributed by atoms with Gasteiger partial charge in [0.25, 0.3) is 11.8 Å². The van der Waals surface area contributed by atoms with Gasteiger partial charge < -0.3 is 10.6 Å². The summed E-state index contributed by atoms with van der Waals surface area (Å²) in [5, 5.41) is 12.4. The van der Waals surface area contributed by atoms with E-state index >= 15 is 0 Å². The lowest BCUT2D eigenvalue weighted by molar-refractivity contribution is 0.0952. The zero-order chi connectivity index (χ0) is 17.6. The van der Waals surface area contributed by atoms with Crippen molar-refractivity contribution in [2.75, 3.05) is 18.1 Å². The Labute approximate surface area is 138 Å². The van der Waals surface area contributed by atoms with Crippen molar-refractivity contribution >= 4 is 27.5 Å². The van der Waals surface area contributed by atoms with E-state index in [0.29, 0.717) is 5.56 Å². The van der Waals surface area contributed by atoms with Crippen molar-refractivity contribution < 1.29 is 18.0 Å². The summed E-state index contributed by atoms with van der Waals surface area (Å²) in [6.07, 6.45) is 2.38. The molecule has 0 aliphatic rings. The Morgan fingerprint density at radius 1 is 1.21 bits per heavy atom. The third-order valence-corrected chi connectivity index (χ3v) is 3.51. The van der Waals surface area contributed by atoms with Crippen molar-refractivity contribution in [3.05, 3.63) is 59.1 Å². The van der Waals surface area contributed by atoms with E-state index in [9.17, 15) is 18.0 Å². The Bertz CT molecular complexity index is 857. The van der Waals surface area contributed by atoms with Crippen LogP contribution in [0.3, 0.4) is 0 Å². The van der Waals surface area contributed by atoms with Crippen LogP contribution in [0.5, 0.6) is 0 Å². The first-order chi connectivity index (χ1) is 11.3. The number of nitrogens with zero attached hydrogens (tertiary/aromatic N) is 1. The maximum Gasteiger partial charge on any atom is 0.269 e. The highest BCUT2D eigenvalue weighted by Crippen LogP contribution is 2.08. The second-order valence-electron chi connectivity index (χ2n) is 4.90. The van der Waals surface area contributed by atoms with Crippen LogP contribution in [0, 0.1) is 0 Å². The lowest BCUT2D eigenvalue weighted by Gasteiger charge is -2.00. The van der Waals surface area contributed by atoms with Crippen LogP contribution in [0.25, 0.3) is 0 Å². The first-order valence-corrected chi connectivity index (χ1v) is 8.87. The fraction of sp³-hybridized carbons (Fsp3) is 0.133. The van der Waals surface area contributed by atoms with Crippen molar-refractivity contribution in [1.29, 1.82) is 0 Å². The van der Waals surface area contributed by atoms with E-state index in [0.717, 1.165) is 11.7 Å². The van der Waals surface area contributed by atoms with Crippen LogP contribution in [0.1, 0.15) is 20.8 Å². The molecule has 1 aromatic carbocycles. The van der Waals surface area contributed by atoms with Crippen molar-refractivity contribution in [1.82, 2.24) is 15.5 Å². The predicted molar refractivity (Wildman–Crippen MR) is 89.3 cm³/mol. The van der Waals surface area contributed by atoms with E-state index < -0.39 is 15.7 Å². The number of hydrogen-bond acceptors (Lipinski definition) is 5. The molecule has 2 rings (SSSR count). The number of nitrogens with one attached hydrogen (secondary N) is 3. The summed E-state index contributed by atoms with van der Waals surface area (Å²) >= 11 is 0. The molecule has 0 spiro atoms. The van der Waals surface area contributed by atoms with Crippen molar-refractivity contribution in [2.24, 2.45) is 0 Å². The summed E-state index contributed by atoms with van der Waals surface area (Å²) in [5.74, 6) is -0.605. The molecule has 2 aromatic rings. The minimum absolute atomic E-state index is 0.0522. The summed E-state index contributed by atoms with van der Waals surface area (Å²) in [6.45, 7) is 0.0522. The van der Waals surface area contributed by atoms with E-state index in [-0.39, 0.29) is 24.0 Å². The molecule has 0 bridgehead atoms. The van der Waals surface area contributed by atoms with Crippen molar-refractivity contribution in [3.63, 3.8) is 0 Å². The molecule has 0 saturated heterocycles. The van der Waals surface area contributed by atoms with Gasteiger partial charge in [-0.05, 0) is 12.1 Å². The van der Waals surface area contributed by atoms with Gasteiger partial charge in [0.05, 0.1) is 0 Å². The number of anilines is 1. The number of hydrogen-bond donors (Lipinski definition) is 3. The molecule has 0 saturated carbocycles. The lowest BCUT2D eigenvalue weighted by Crippen LogP contribution is -2.23. The molecule has 9 heteroatoms. The summed E-state index contributed by atoms with van der Waals surface area (Å²) in [7, 11) is -3.22. The Balaban J connectivity index is 1.91. The number of carbonyl (C=O) groups excluding carboxylic acids is 2. The van der Waals surface area contributed by atoms with Crippen LogP contribution in [-0.2, 0) is 9.84 Å². The first kappa shape index (κ1) is 17.4. The molecule has 1 aromatic heterocycles. The molecule has 0 unspecified atom stereocenters. The molecular weight excluding hydrogens is 332 g/mol. The Hall–Kier alpha value is -2.94. The second-order valence-corrected chi connectivity index (χ2v) is 6.83. The number of amides is 2. The van der Waals surface area contributed by atoms with Gasteiger partial charge in [0.1, 0.15) is 5.69 Å². The summed E-state index contributed by atoms with van der Waals surface area (Å²) in [6, 6.07) is 9.97. The average Bonchev–Trinajstić information content (AvgIpc) is 3.00. The maximum absolute atomic E-state index is 12.0. The van der Waals surface area contributed by atoms with Crippen LogP contribution in [0.2, 0.25) is 0 Å². The van der Waals surface area contributed by atoms with Gasteiger partial charge >= 0.3 is 0 Å². The van der Waals surface area contributed by atoms with Crippen LogP contribution in [0.15, 0.2) is 47.9 Å². The highest BCUT2D eigenvalue weighted by atomic mass is 32.2. The quantitative estimate of drug-likeness (QED) is 0.718. The minimum atomic E-state index is -3.22. The van der Waals surface area contributed by atoms with Gasteiger partial charge in [-0.15, -0.1) is 0 Å². The molecular formula is C15H16N4O4S. The summed E-state index contributed by atoms with van der Waals surface area (Å²) in [5.41, 5.74) is 0.614. The van der Waals surface area contributed by atoms with Crippen molar-refractivity contribution in [3.8, 4) is 0 Å². The molecule has 126 valence electrons. The SMILES string of the molecule is CS(=O)(=O)/C=C/CNC(=O)c1cc(NC(=O)c2ccccc2)n[nH]1. The molecule has 0 radical (unpaired) electrons. The molecule has 24 heavy (non-hydrogen) atoms. The number of benzene rings is 1. The van der Waals surface area contributed by atoms with Gasteiger partial charge in [-0.3, -0.25) is 14.7 Å². The van der Waals surface area contributed by atoms with Gasteiger partial charge in [0.15, 0.2) is 15.7 Å². The van der Waals surface area contributed by atoms with E-state index in [4.69, 9.17) is 0 Å². The van der Waals surface area contributed by atoms with Gasteiger partial charge in [0, 0.05) is 29.8 Å². The monoisotopic (exact) mass is 348 g/mol. The number of aromatic nitrogens is 2. The van der Waals surface area contributed by atoms with Crippen LogP contribution < -0.4 is 10.6 Å². The normalized spacial score (nSPS) is 11.4. The molecule has 1 heterocycles. The third-order valence-electron chi connectivity index (χ3n) is 2.82. The van der Waals surface area contributed by atoms with Crippen molar-refractivity contribution in [2.45, 2.75) is 0 Å². The van der Waals surface area contributed by atoms with Gasteiger partial charge in [-0.2, -0.15) is 5.10 Å². The lowest BCUT2D eigenvalue weighted by atomic mass is 10.2. The zero-order valence-corrected chi connectivity index (χ0v) is 13.6. The maximum atomic E-state index is 12.0. The standard InChI is InChI=1S/C15H16N4O4S/c1-24(22,23)9-5-8-16-15(21)12-10-13(19-18-12)17-14(20)11-6-3-2-4-7-11/h2-7,9-10H,8H2,1H3,(H,16,21)(H2,17,18,19,20)/b9-5+. The van der Waals surface area contributed by atoms with Gasteiger partial charge in [0.2, 0.25) is 0 Å². The van der Waals surface area contributed by atoms with E-state index in [1.54, 1.807) is 30.3 Å². The second kappa shape index (κ2) is 7.55. The van der Waals surface area contributed by atoms with E-state index in [1.165, 1.54) is 12.1 Å². The molecule has 0 fully saturated rings. The minimum Gasteiger partial charge on any atom is -0.347 e. The van der Waals surface area contributed by atoms with Crippen LogP contribution in [-0.4, -0.2) is 43.2 Å². The molecule has 0 aliphatic heterocycles. The van der Waals surface area contributed by atoms with Crippen LogP contribution in [0.4, 0.5) is 5.82 Å². The Kier molecular flexibility index (Phi) is 5.48. The first-order valence-electron chi connectivity index (χ1n) is 6.92.